The summed E-state index contributed by atoms with van der Waals surface area (Å²) < 4.78 is 4.99. The zero-order chi connectivity index (χ0) is 8.69. The fourth-order valence-corrected chi connectivity index (χ4v) is 0.843. The van der Waals surface area contributed by atoms with Gasteiger partial charge >= 0.3 is 0 Å². The molecule has 3 heteroatoms. The lowest BCUT2D eigenvalue weighted by Crippen LogP contribution is -2.35. The van der Waals surface area contributed by atoms with E-state index in [0.717, 1.165) is 19.7 Å². The molecule has 0 bridgehead atoms. The number of methoxy groups -OCH3 is 1. The van der Waals surface area contributed by atoms with Crippen LogP contribution in [0.25, 0.3) is 0 Å². The van der Waals surface area contributed by atoms with Gasteiger partial charge < -0.3 is 15.0 Å². The molecule has 0 fully saturated rings. The zero-order valence-electron chi connectivity index (χ0n) is 8.05. The molecule has 0 amide bonds. The van der Waals surface area contributed by atoms with Crippen molar-refractivity contribution in [3.05, 3.63) is 0 Å². The summed E-state index contributed by atoms with van der Waals surface area (Å²) in [6, 6.07) is 0.458. The Balaban J connectivity index is 3.10. The van der Waals surface area contributed by atoms with Gasteiger partial charge in [-0.15, -0.1) is 0 Å². The van der Waals surface area contributed by atoms with E-state index in [2.05, 4.69) is 31.2 Å². The van der Waals surface area contributed by atoms with Crippen molar-refractivity contribution in [3.63, 3.8) is 0 Å². The lowest BCUT2D eigenvalue weighted by atomic mass is 10.3. The van der Waals surface area contributed by atoms with Crippen LogP contribution in [0.5, 0.6) is 0 Å². The molecule has 11 heavy (non-hydrogen) atoms. The zero-order valence-corrected chi connectivity index (χ0v) is 8.05. The van der Waals surface area contributed by atoms with Gasteiger partial charge in [0, 0.05) is 26.2 Å². The van der Waals surface area contributed by atoms with Crippen molar-refractivity contribution >= 4 is 0 Å². The molecular weight excluding hydrogens is 140 g/mol. The highest BCUT2D eigenvalue weighted by Gasteiger charge is 1.98. The smallest absolute Gasteiger partial charge is 0.0613 e. The fourth-order valence-electron chi connectivity index (χ4n) is 0.843. The molecule has 68 valence electrons. The Morgan fingerprint density at radius 2 is 2.09 bits per heavy atom. The van der Waals surface area contributed by atoms with E-state index in [-0.39, 0.29) is 0 Å². The van der Waals surface area contributed by atoms with Gasteiger partial charge in [-0.3, -0.25) is 0 Å². The quantitative estimate of drug-likeness (QED) is 0.599. The van der Waals surface area contributed by atoms with Crippen molar-refractivity contribution in [1.82, 2.24) is 10.2 Å². The molecule has 0 heterocycles. The summed E-state index contributed by atoms with van der Waals surface area (Å²) in [4.78, 5) is 2.16. The Morgan fingerprint density at radius 1 is 1.45 bits per heavy atom. The Kier molecular flexibility index (Phi) is 6.51. The van der Waals surface area contributed by atoms with Crippen molar-refractivity contribution in [2.45, 2.75) is 13.0 Å². The Hall–Kier alpha value is -0.120. The minimum atomic E-state index is 0.458. The van der Waals surface area contributed by atoms with Gasteiger partial charge in [-0.2, -0.15) is 0 Å². The summed E-state index contributed by atoms with van der Waals surface area (Å²) in [5, 5.41) is 3.35. The minimum Gasteiger partial charge on any atom is -0.383 e. The summed E-state index contributed by atoms with van der Waals surface area (Å²) in [5.41, 5.74) is 0. The van der Waals surface area contributed by atoms with Gasteiger partial charge in [-0.1, -0.05) is 0 Å². The van der Waals surface area contributed by atoms with Crippen LogP contribution in [0.15, 0.2) is 0 Å². The lowest BCUT2D eigenvalue weighted by Gasteiger charge is -2.14. The van der Waals surface area contributed by atoms with Crippen molar-refractivity contribution in [3.8, 4) is 0 Å². The average Bonchev–Trinajstić information content (AvgIpc) is 1.87. The average molecular weight is 160 g/mol. The van der Waals surface area contributed by atoms with E-state index in [0.29, 0.717) is 6.04 Å². The molecule has 0 aromatic rings. The van der Waals surface area contributed by atoms with E-state index in [9.17, 15) is 0 Å². The molecular formula is C8H20N2O. The van der Waals surface area contributed by atoms with Crippen LogP contribution in [0.4, 0.5) is 0 Å². The van der Waals surface area contributed by atoms with Crippen LogP contribution in [0.1, 0.15) is 6.92 Å². The number of likely N-dealkylation sites (N-methyl/N-ethyl adjacent to an activating group) is 1. The summed E-state index contributed by atoms with van der Waals surface area (Å²) >= 11 is 0. The minimum absolute atomic E-state index is 0.458. The highest BCUT2D eigenvalue weighted by atomic mass is 16.5. The maximum atomic E-state index is 4.99. The van der Waals surface area contributed by atoms with E-state index in [4.69, 9.17) is 4.74 Å². The first-order valence-electron chi connectivity index (χ1n) is 4.04. The van der Waals surface area contributed by atoms with Crippen LogP contribution in [0.2, 0.25) is 0 Å². The summed E-state index contributed by atoms with van der Waals surface area (Å²) in [7, 11) is 5.87. The third kappa shape index (κ3) is 7.78. The molecule has 0 radical (unpaired) electrons. The predicted octanol–water partition coefficient (Wildman–Crippen LogP) is 0.173. The normalized spacial score (nSPS) is 13.9. The van der Waals surface area contributed by atoms with Crippen molar-refractivity contribution in [1.29, 1.82) is 0 Å². The maximum Gasteiger partial charge on any atom is 0.0613 e. The second-order valence-corrected chi connectivity index (χ2v) is 3.11. The molecule has 1 atom stereocenters. The summed E-state index contributed by atoms with van der Waals surface area (Å²) in [6.07, 6.45) is 0. The molecule has 0 saturated carbocycles. The number of nitrogens with zero attached hydrogens (tertiary/aromatic N) is 1. The molecule has 0 saturated heterocycles. The van der Waals surface area contributed by atoms with Crippen LogP contribution >= 0.6 is 0 Å². The maximum absolute atomic E-state index is 4.99. The van der Waals surface area contributed by atoms with Crippen molar-refractivity contribution in [2.24, 2.45) is 0 Å². The van der Waals surface area contributed by atoms with Gasteiger partial charge in [0.05, 0.1) is 6.61 Å². The number of hydrogen-bond donors (Lipinski definition) is 1. The Labute approximate surface area is 69.7 Å². The molecule has 0 spiro atoms. The Morgan fingerprint density at radius 3 is 2.55 bits per heavy atom. The van der Waals surface area contributed by atoms with E-state index in [1.807, 2.05) is 0 Å². The highest BCUT2D eigenvalue weighted by Crippen LogP contribution is 1.81. The van der Waals surface area contributed by atoms with Gasteiger partial charge in [0.15, 0.2) is 0 Å². The second-order valence-electron chi connectivity index (χ2n) is 3.11. The standard InChI is InChI=1S/C8H20N2O/c1-8(7-11-4)9-5-6-10(2)3/h8-9H,5-7H2,1-4H3. The lowest BCUT2D eigenvalue weighted by molar-refractivity contribution is 0.171. The third-order valence-electron chi connectivity index (χ3n) is 1.47. The van der Waals surface area contributed by atoms with Gasteiger partial charge in [0.1, 0.15) is 0 Å². The number of rotatable bonds is 6. The largest absolute Gasteiger partial charge is 0.383 e. The molecule has 0 aliphatic heterocycles. The number of ether oxygens (including phenoxy) is 1. The monoisotopic (exact) mass is 160 g/mol. The first kappa shape index (κ1) is 10.9. The van der Waals surface area contributed by atoms with Gasteiger partial charge in [0.2, 0.25) is 0 Å². The predicted molar refractivity (Wildman–Crippen MR) is 47.9 cm³/mol. The first-order valence-corrected chi connectivity index (χ1v) is 4.04. The van der Waals surface area contributed by atoms with Crippen LogP contribution in [-0.2, 0) is 4.74 Å². The van der Waals surface area contributed by atoms with Gasteiger partial charge in [-0.25, -0.2) is 0 Å². The van der Waals surface area contributed by atoms with Crippen LogP contribution in [0, 0.1) is 0 Å². The van der Waals surface area contributed by atoms with E-state index < -0.39 is 0 Å². The first-order chi connectivity index (χ1) is 5.16. The Bertz CT molecular complexity index is 86.2. The molecule has 1 unspecified atom stereocenters. The van der Waals surface area contributed by atoms with Gasteiger partial charge in [0.25, 0.3) is 0 Å². The molecule has 3 nitrogen and oxygen atoms in total. The molecule has 0 rings (SSSR count). The summed E-state index contributed by atoms with van der Waals surface area (Å²) in [6.45, 7) is 5.01. The van der Waals surface area contributed by atoms with Crippen molar-refractivity contribution < 1.29 is 4.74 Å². The van der Waals surface area contributed by atoms with Crippen LogP contribution in [0.3, 0.4) is 0 Å². The molecule has 0 aliphatic carbocycles. The van der Waals surface area contributed by atoms with Crippen molar-refractivity contribution in [2.75, 3.05) is 40.9 Å². The van der Waals surface area contributed by atoms with Gasteiger partial charge in [-0.05, 0) is 21.0 Å². The van der Waals surface area contributed by atoms with E-state index >= 15 is 0 Å². The van der Waals surface area contributed by atoms with E-state index in [1.54, 1.807) is 7.11 Å². The van der Waals surface area contributed by atoms with Crippen LogP contribution < -0.4 is 5.32 Å². The van der Waals surface area contributed by atoms with Crippen LogP contribution in [-0.4, -0.2) is 51.8 Å². The highest BCUT2D eigenvalue weighted by molar-refractivity contribution is 4.59. The summed E-state index contributed by atoms with van der Waals surface area (Å²) in [5.74, 6) is 0. The van der Waals surface area contributed by atoms with E-state index in [1.165, 1.54) is 0 Å². The topological polar surface area (TPSA) is 24.5 Å². The molecule has 0 aliphatic rings. The fraction of sp³-hybridized carbons (Fsp3) is 1.00. The number of nitrogens with one attached hydrogen (secondary N) is 1. The second kappa shape index (κ2) is 6.58. The SMILES string of the molecule is COCC(C)NCCN(C)C. The molecule has 1 N–H and O–H groups in total. The third-order valence-corrected chi connectivity index (χ3v) is 1.47. The molecule has 0 aromatic carbocycles. The number of hydrogen-bond acceptors (Lipinski definition) is 3. The molecule has 0 aromatic heterocycles.